The van der Waals surface area contributed by atoms with Gasteiger partial charge in [0.25, 0.3) is 0 Å². The second-order valence-corrected chi connectivity index (χ2v) is 6.49. The molecule has 146 valence electrons. The molecule has 4 rings (SSSR count). The molecule has 1 aromatic heterocycles. The summed E-state index contributed by atoms with van der Waals surface area (Å²) < 4.78 is 22.2. The maximum absolute atomic E-state index is 11.8. The van der Waals surface area contributed by atoms with Crippen LogP contribution in [0.25, 0.3) is 11.0 Å². The van der Waals surface area contributed by atoms with Crippen molar-refractivity contribution in [1.29, 1.82) is 0 Å². The average Bonchev–Trinajstić information content (AvgIpc) is 2.77. The van der Waals surface area contributed by atoms with Crippen molar-refractivity contribution in [2.24, 2.45) is 0 Å². The average molecular weight is 388 g/mol. The van der Waals surface area contributed by atoms with Gasteiger partial charge in [0.1, 0.15) is 36.0 Å². The highest BCUT2D eigenvalue weighted by Crippen LogP contribution is 2.25. The summed E-state index contributed by atoms with van der Waals surface area (Å²) in [5.41, 5.74) is 1.94. The molecule has 0 N–H and O–H groups in total. The number of rotatable bonds is 7. The molecule has 0 bridgehead atoms. The third-order valence-corrected chi connectivity index (χ3v) is 4.50. The zero-order chi connectivity index (χ0) is 20.1. The Kier molecular flexibility index (Phi) is 5.47. The van der Waals surface area contributed by atoms with Crippen LogP contribution in [0, 0.1) is 0 Å². The molecule has 0 amide bonds. The minimum Gasteiger partial charge on any atom is -0.497 e. The smallest absolute Gasteiger partial charge is 0.336 e. The Morgan fingerprint density at radius 3 is 2.10 bits per heavy atom. The monoisotopic (exact) mass is 388 g/mol. The van der Waals surface area contributed by atoms with Gasteiger partial charge in [0.05, 0.1) is 7.11 Å². The van der Waals surface area contributed by atoms with Gasteiger partial charge in [-0.3, -0.25) is 0 Å². The molecule has 0 saturated heterocycles. The van der Waals surface area contributed by atoms with Crippen LogP contribution >= 0.6 is 0 Å². The summed E-state index contributed by atoms with van der Waals surface area (Å²) in [5, 5.41) is 0.784. The minimum atomic E-state index is -0.411. The maximum Gasteiger partial charge on any atom is 0.336 e. The largest absolute Gasteiger partial charge is 0.497 e. The zero-order valence-corrected chi connectivity index (χ0v) is 16.0. The van der Waals surface area contributed by atoms with Crippen LogP contribution in [0.1, 0.15) is 11.1 Å². The molecule has 5 nitrogen and oxygen atoms in total. The van der Waals surface area contributed by atoms with E-state index in [1.54, 1.807) is 19.2 Å². The second kappa shape index (κ2) is 8.52. The van der Waals surface area contributed by atoms with E-state index in [-0.39, 0.29) is 6.61 Å². The van der Waals surface area contributed by atoms with Gasteiger partial charge in [0.2, 0.25) is 0 Å². The Morgan fingerprint density at radius 2 is 1.41 bits per heavy atom. The molecule has 0 fully saturated rings. The SMILES string of the molecule is COc1ccc2oc(=O)cc(COc3ccc(OCc4ccccc4)cc3)c2c1. The summed E-state index contributed by atoms with van der Waals surface area (Å²) in [6.45, 7) is 0.744. The molecule has 3 aromatic carbocycles. The van der Waals surface area contributed by atoms with Crippen molar-refractivity contribution in [3.63, 3.8) is 0 Å². The van der Waals surface area contributed by atoms with E-state index in [9.17, 15) is 4.79 Å². The van der Waals surface area contributed by atoms with Crippen molar-refractivity contribution in [3.05, 3.63) is 100 Å². The van der Waals surface area contributed by atoms with Crippen LogP contribution in [-0.2, 0) is 13.2 Å². The van der Waals surface area contributed by atoms with Crippen molar-refractivity contribution in [2.45, 2.75) is 13.2 Å². The van der Waals surface area contributed by atoms with Crippen LogP contribution in [-0.4, -0.2) is 7.11 Å². The molecular formula is C24H20O5. The Morgan fingerprint density at radius 1 is 0.759 bits per heavy atom. The van der Waals surface area contributed by atoms with Gasteiger partial charge < -0.3 is 18.6 Å². The molecule has 0 saturated carbocycles. The minimum absolute atomic E-state index is 0.236. The summed E-state index contributed by atoms with van der Waals surface area (Å²) in [6.07, 6.45) is 0. The van der Waals surface area contributed by atoms with Crippen molar-refractivity contribution in [2.75, 3.05) is 7.11 Å². The van der Waals surface area contributed by atoms with E-state index in [2.05, 4.69) is 0 Å². The summed E-state index contributed by atoms with van der Waals surface area (Å²) in [5.74, 6) is 2.13. The molecule has 29 heavy (non-hydrogen) atoms. The van der Waals surface area contributed by atoms with Crippen LogP contribution in [0.15, 0.2) is 88.1 Å². The Hall–Kier alpha value is -3.73. The molecule has 0 unspecified atom stereocenters. The first-order valence-electron chi connectivity index (χ1n) is 9.21. The normalized spacial score (nSPS) is 10.7. The zero-order valence-electron chi connectivity index (χ0n) is 16.0. The van der Waals surface area contributed by atoms with Crippen molar-refractivity contribution >= 4 is 11.0 Å². The first kappa shape index (κ1) is 18.6. The Bertz CT molecular complexity index is 1150. The highest BCUT2D eigenvalue weighted by Gasteiger charge is 2.08. The fourth-order valence-corrected chi connectivity index (χ4v) is 2.99. The first-order valence-corrected chi connectivity index (χ1v) is 9.21. The first-order chi connectivity index (χ1) is 14.2. The third kappa shape index (κ3) is 4.58. The quantitative estimate of drug-likeness (QED) is 0.419. The highest BCUT2D eigenvalue weighted by molar-refractivity contribution is 5.81. The van der Waals surface area contributed by atoms with Gasteiger partial charge in [-0.1, -0.05) is 30.3 Å². The van der Waals surface area contributed by atoms with Gasteiger partial charge in [-0.15, -0.1) is 0 Å². The number of benzene rings is 3. The van der Waals surface area contributed by atoms with Gasteiger partial charge in [-0.25, -0.2) is 4.79 Å². The maximum atomic E-state index is 11.8. The lowest BCUT2D eigenvalue weighted by molar-refractivity contribution is 0.297. The lowest BCUT2D eigenvalue weighted by Crippen LogP contribution is -2.04. The highest BCUT2D eigenvalue weighted by atomic mass is 16.5. The number of ether oxygens (including phenoxy) is 3. The molecule has 0 spiro atoms. The molecule has 0 aliphatic heterocycles. The Balaban J connectivity index is 1.44. The van der Waals surface area contributed by atoms with E-state index in [1.165, 1.54) is 6.07 Å². The van der Waals surface area contributed by atoms with Crippen molar-refractivity contribution in [3.8, 4) is 17.2 Å². The topological polar surface area (TPSA) is 57.9 Å². The van der Waals surface area contributed by atoms with E-state index in [0.717, 1.165) is 22.3 Å². The molecular weight excluding hydrogens is 368 g/mol. The lowest BCUT2D eigenvalue weighted by atomic mass is 10.1. The van der Waals surface area contributed by atoms with Gasteiger partial charge in [-0.2, -0.15) is 0 Å². The van der Waals surface area contributed by atoms with Gasteiger partial charge in [0.15, 0.2) is 0 Å². The number of hydrogen-bond donors (Lipinski definition) is 0. The van der Waals surface area contributed by atoms with Gasteiger partial charge in [0, 0.05) is 17.0 Å². The van der Waals surface area contributed by atoms with E-state index < -0.39 is 5.63 Å². The fourth-order valence-electron chi connectivity index (χ4n) is 2.99. The van der Waals surface area contributed by atoms with Crippen molar-refractivity contribution in [1.82, 2.24) is 0 Å². The second-order valence-electron chi connectivity index (χ2n) is 6.49. The molecule has 0 radical (unpaired) electrons. The molecule has 0 atom stereocenters. The van der Waals surface area contributed by atoms with E-state index in [1.807, 2.05) is 60.7 Å². The number of hydrogen-bond acceptors (Lipinski definition) is 5. The summed E-state index contributed by atoms with van der Waals surface area (Å²) >= 11 is 0. The van der Waals surface area contributed by atoms with Crippen LogP contribution in [0.5, 0.6) is 17.2 Å². The van der Waals surface area contributed by atoms with Crippen LogP contribution < -0.4 is 19.8 Å². The predicted octanol–water partition coefficient (Wildman–Crippen LogP) is 4.96. The fraction of sp³-hybridized carbons (Fsp3) is 0.125. The third-order valence-electron chi connectivity index (χ3n) is 4.50. The standard InChI is InChI=1S/C24H20O5/c1-26-21-11-12-23-22(14-21)18(13-24(25)29-23)16-28-20-9-7-19(8-10-20)27-15-17-5-3-2-4-6-17/h2-14H,15-16H2,1H3. The summed E-state index contributed by atoms with van der Waals surface area (Å²) in [4.78, 5) is 11.8. The van der Waals surface area contributed by atoms with E-state index in [4.69, 9.17) is 18.6 Å². The molecule has 4 aromatic rings. The van der Waals surface area contributed by atoms with Crippen molar-refractivity contribution < 1.29 is 18.6 Å². The van der Waals surface area contributed by atoms with E-state index >= 15 is 0 Å². The Labute approximate surface area is 168 Å². The van der Waals surface area contributed by atoms with Crippen LogP contribution in [0.4, 0.5) is 0 Å². The number of methoxy groups -OCH3 is 1. The van der Waals surface area contributed by atoms with Gasteiger partial charge >= 0.3 is 5.63 Å². The van der Waals surface area contributed by atoms with Crippen LogP contribution in [0.3, 0.4) is 0 Å². The molecule has 0 aliphatic rings. The van der Waals surface area contributed by atoms with Gasteiger partial charge in [-0.05, 0) is 48.0 Å². The van der Waals surface area contributed by atoms with E-state index in [0.29, 0.717) is 23.7 Å². The summed E-state index contributed by atoms with van der Waals surface area (Å²) in [6, 6.07) is 24.1. The molecule has 0 aliphatic carbocycles. The number of fused-ring (bicyclic) bond motifs is 1. The predicted molar refractivity (Wildman–Crippen MR) is 111 cm³/mol. The molecule has 1 heterocycles. The lowest BCUT2D eigenvalue weighted by Gasteiger charge is -2.10. The van der Waals surface area contributed by atoms with Crippen LogP contribution in [0.2, 0.25) is 0 Å². The summed E-state index contributed by atoms with van der Waals surface area (Å²) in [7, 11) is 1.60. The molecule has 5 heteroatoms.